The van der Waals surface area contributed by atoms with Gasteiger partial charge in [0, 0.05) is 6.42 Å². The van der Waals surface area contributed by atoms with Crippen LogP contribution in [0.25, 0.3) is 0 Å². The van der Waals surface area contributed by atoms with Gasteiger partial charge in [-0.1, -0.05) is 24.3 Å². The summed E-state index contributed by atoms with van der Waals surface area (Å²) in [5.74, 6) is -4.22. The van der Waals surface area contributed by atoms with Crippen LogP contribution in [0, 0.1) is 5.92 Å². The molecule has 8 nitrogen and oxygen atoms in total. The average molecular weight is 416 g/mol. The first-order valence-corrected chi connectivity index (χ1v) is 9.27. The summed E-state index contributed by atoms with van der Waals surface area (Å²) in [4.78, 5) is 33.0. The second kappa shape index (κ2) is 9.78. The van der Waals surface area contributed by atoms with Crippen molar-refractivity contribution in [3.05, 3.63) is 59.7 Å². The molecule has 2 aromatic rings. The molecule has 0 heterocycles. The second-order valence-corrected chi connectivity index (χ2v) is 7.24. The van der Waals surface area contributed by atoms with Gasteiger partial charge >= 0.3 is 17.9 Å². The fourth-order valence-electron chi connectivity index (χ4n) is 2.59. The summed E-state index contributed by atoms with van der Waals surface area (Å²) in [5, 5.41) is 27.0. The third-order valence-electron chi connectivity index (χ3n) is 4.43. The minimum atomic E-state index is -1.48. The number of ether oxygens (including phenoxy) is 2. The molecule has 0 atom stereocenters. The first-order chi connectivity index (χ1) is 14.1. The molecule has 0 bridgehead atoms. The Hall–Kier alpha value is -3.55. The minimum absolute atomic E-state index is 0.0992. The SMILES string of the molecule is CC(C)(Oc1ccc(CCOc2ccc(CC(C(=O)O)C(=O)O)cc2)cc1)C(=O)O. The molecule has 0 fully saturated rings. The van der Waals surface area contributed by atoms with Crippen LogP contribution in [0.4, 0.5) is 0 Å². The molecule has 0 unspecified atom stereocenters. The van der Waals surface area contributed by atoms with Crippen LogP contribution < -0.4 is 9.47 Å². The molecule has 0 aliphatic rings. The van der Waals surface area contributed by atoms with E-state index in [-0.39, 0.29) is 6.42 Å². The number of carboxylic acids is 3. The van der Waals surface area contributed by atoms with Crippen LogP contribution in [0.2, 0.25) is 0 Å². The van der Waals surface area contributed by atoms with Gasteiger partial charge in [-0.2, -0.15) is 0 Å². The molecule has 0 aliphatic carbocycles. The molecule has 3 N–H and O–H groups in total. The van der Waals surface area contributed by atoms with Gasteiger partial charge in [0.05, 0.1) is 6.61 Å². The lowest BCUT2D eigenvalue weighted by Crippen LogP contribution is -2.37. The Morgan fingerprint density at radius 1 is 0.833 bits per heavy atom. The first-order valence-electron chi connectivity index (χ1n) is 9.27. The monoisotopic (exact) mass is 416 g/mol. The molecule has 160 valence electrons. The standard InChI is InChI=1S/C22H24O8/c1-22(2,21(27)28)30-17-9-3-14(4-10-17)11-12-29-16-7-5-15(6-8-16)13-18(19(23)24)20(25)26/h3-10,18H,11-13H2,1-2H3,(H,23,24)(H,25,26)(H,27,28). The van der Waals surface area contributed by atoms with Crippen molar-refractivity contribution >= 4 is 17.9 Å². The van der Waals surface area contributed by atoms with E-state index in [0.29, 0.717) is 30.1 Å². The van der Waals surface area contributed by atoms with Crippen LogP contribution in [0.15, 0.2) is 48.5 Å². The van der Waals surface area contributed by atoms with Crippen LogP contribution in [-0.2, 0) is 27.2 Å². The Kier molecular flexibility index (Phi) is 7.41. The summed E-state index contributed by atoms with van der Waals surface area (Å²) in [5.41, 5.74) is 0.265. The van der Waals surface area contributed by atoms with Crippen molar-refractivity contribution in [2.45, 2.75) is 32.3 Å². The largest absolute Gasteiger partial charge is 0.493 e. The maximum atomic E-state index is 11.1. The number of carbonyl (C=O) groups is 3. The summed E-state index contributed by atoms with van der Waals surface area (Å²) in [6, 6.07) is 13.7. The molecule has 0 spiro atoms. The van der Waals surface area contributed by atoms with Crippen molar-refractivity contribution in [2.75, 3.05) is 6.61 Å². The molecule has 0 saturated heterocycles. The summed E-state index contributed by atoms with van der Waals surface area (Å²) in [6.07, 6.45) is 0.516. The van der Waals surface area contributed by atoms with Gasteiger partial charge in [-0.3, -0.25) is 9.59 Å². The Bertz CT molecular complexity index is 870. The lowest BCUT2D eigenvalue weighted by Gasteiger charge is -2.21. The van der Waals surface area contributed by atoms with Gasteiger partial charge in [0.1, 0.15) is 11.5 Å². The topological polar surface area (TPSA) is 130 Å². The normalized spacial score (nSPS) is 11.2. The van der Waals surface area contributed by atoms with E-state index in [0.717, 1.165) is 5.56 Å². The highest BCUT2D eigenvalue weighted by molar-refractivity contribution is 5.93. The average Bonchev–Trinajstić information content (AvgIpc) is 2.67. The van der Waals surface area contributed by atoms with E-state index in [2.05, 4.69) is 0 Å². The van der Waals surface area contributed by atoms with Gasteiger partial charge in [-0.15, -0.1) is 0 Å². The van der Waals surface area contributed by atoms with E-state index in [4.69, 9.17) is 24.8 Å². The molecule has 0 radical (unpaired) electrons. The van der Waals surface area contributed by atoms with Crippen molar-refractivity contribution in [2.24, 2.45) is 5.92 Å². The van der Waals surface area contributed by atoms with Crippen LogP contribution >= 0.6 is 0 Å². The van der Waals surface area contributed by atoms with Crippen LogP contribution in [0.5, 0.6) is 11.5 Å². The van der Waals surface area contributed by atoms with Gasteiger partial charge in [-0.25, -0.2) is 4.79 Å². The number of carboxylic acid groups (broad SMARTS) is 3. The zero-order chi connectivity index (χ0) is 22.3. The van der Waals surface area contributed by atoms with Crippen LogP contribution in [-0.4, -0.2) is 45.4 Å². The predicted molar refractivity (Wildman–Crippen MR) is 107 cm³/mol. The molecule has 8 heteroatoms. The summed E-state index contributed by atoms with van der Waals surface area (Å²) in [6.45, 7) is 3.35. The number of hydrogen-bond donors (Lipinski definition) is 3. The smallest absolute Gasteiger partial charge is 0.347 e. The zero-order valence-electron chi connectivity index (χ0n) is 16.7. The van der Waals surface area contributed by atoms with Gasteiger partial charge < -0.3 is 24.8 Å². The number of benzene rings is 2. The highest BCUT2D eigenvalue weighted by atomic mass is 16.5. The fourth-order valence-corrected chi connectivity index (χ4v) is 2.59. The molecule has 0 aromatic heterocycles. The second-order valence-electron chi connectivity index (χ2n) is 7.24. The maximum absolute atomic E-state index is 11.1. The number of rotatable bonds is 11. The summed E-state index contributed by atoms with van der Waals surface area (Å²) >= 11 is 0. The fraction of sp³-hybridized carbons (Fsp3) is 0.318. The van der Waals surface area contributed by atoms with Crippen LogP contribution in [0.1, 0.15) is 25.0 Å². The lowest BCUT2D eigenvalue weighted by atomic mass is 10.00. The molecule has 0 saturated carbocycles. The van der Waals surface area contributed by atoms with Crippen molar-refractivity contribution in [3.8, 4) is 11.5 Å². The zero-order valence-corrected chi connectivity index (χ0v) is 16.7. The molecule has 30 heavy (non-hydrogen) atoms. The predicted octanol–water partition coefficient (Wildman–Crippen LogP) is 2.88. The quantitative estimate of drug-likeness (QED) is 0.477. The van der Waals surface area contributed by atoms with Gasteiger partial charge in [-0.05, 0) is 55.7 Å². The van der Waals surface area contributed by atoms with E-state index in [1.165, 1.54) is 13.8 Å². The van der Waals surface area contributed by atoms with E-state index < -0.39 is 29.4 Å². The summed E-state index contributed by atoms with van der Waals surface area (Å²) < 4.78 is 11.1. The first kappa shape index (κ1) is 22.7. The van der Waals surface area contributed by atoms with Crippen molar-refractivity contribution in [1.82, 2.24) is 0 Å². The van der Waals surface area contributed by atoms with E-state index in [9.17, 15) is 14.4 Å². The van der Waals surface area contributed by atoms with E-state index >= 15 is 0 Å². The molecular formula is C22H24O8. The highest BCUT2D eigenvalue weighted by Gasteiger charge is 2.29. The maximum Gasteiger partial charge on any atom is 0.347 e. The molecular weight excluding hydrogens is 392 g/mol. The van der Waals surface area contributed by atoms with Crippen molar-refractivity contribution < 1.29 is 39.2 Å². The Morgan fingerprint density at radius 3 is 1.83 bits per heavy atom. The molecule has 0 aliphatic heterocycles. The summed E-state index contributed by atoms with van der Waals surface area (Å²) in [7, 11) is 0. The minimum Gasteiger partial charge on any atom is -0.493 e. The Labute approximate surface area is 173 Å². The third-order valence-corrected chi connectivity index (χ3v) is 4.43. The Balaban J connectivity index is 1.84. The van der Waals surface area contributed by atoms with Gasteiger partial charge in [0.15, 0.2) is 11.5 Å². The molecule has 2 aromatic carbocycles. The molecule has 0 amide bonds. The number of aliphatic carboxylic acids is 3. The van der Waals surface area contributed by atoms with E-state index in [1.54, 1.807) is 36.4 Å². The van der Waals surface area contributed by atoms with Gasteiger partial charge in [0.2, 0.25) is 0 Å². The van der Waals surface area contributed by atoms with Crippen molar-refractivity contribution in [3.63, 3.8) is 0 Å². The number of hydrogen-bond acceptors (Lipinski definition) is 5. The highest BCUT2D eigenvalue weighted by Crippen LogP contribution is 2.20. The van der Waals surface area contributed by atoms with E-state index in [1.807, 2.05) is 12.1 Å². The lowest BCUT2D eigenvalue weighted by molar-refractivity contribution is -0.154. The van der Waals surface area contributed by atoms with Gasteiger partial charge in [0.25, 0.3) is 0 Å². The van der Waals surface area contributed by atoms with Crippen molar-refractivity contribution in [1.29, 1.82) is 0 Å². The van der Waals surface area contributed by atoms with Crippen LogP contribution in [0.3, 0.4) is 0 Å². The Morgan fingerprint density at radius 2 is 1.33 bits per heavy atom. The third kappa shape index (κ3) is 6.51. The molecule has 2 rings (SSSR count).